The molecule has 5 heteroatoms. The highest BCUT2D eigenvalue weighted by atomic mass is 16.5. The van der Waals surface area contributed by atoms with Gasteiger partial charge in [0.2, 0.25) is 5.91 Å². The minimum Gasteiger partial charge on any atom is -0.490 e. The van der Waals surface area contributed by atoms with Gasteiger partial charge in [-0.2, -0.15) is 0 Å². The summed E-state index contributed by atoms with van der Waals surface area (Å²) in [7, 11) is 2.04. The van der Waals surface area contributed by atoms with E-state index >= 15 is 0 Å². The molecule has 0 spiro atoms. The van der Waals surface area contributed by atoms with E-state index in [9.17, 15) is 4.79 Å². The summed E-state index contributed by atoms with van der Waals surface area (Å²) in [5.41, 5.74) is 1.17. The lowest BCUT2D eigenvalue weighted by atomic mass is 9.85. The quantitative estimate of drug-likeness (QED) is 0.488. The fourth-order valence-electron chi connectivity index (χ4n) is 3.61. The number of nitrogens with one attached hydrogen (secondary N) is 1. The molecule has 1 aromatic rings. The highest BCUT2D eigenvalue weighted by Crippen LogP contribution is 2.30. The molecule has 1 aliphatic carbocycles. The van der Waals surface area contributed by atoms with Crippen molar-refractivity contribution in [2.75, 3.05) is 20.1 Å². The number of amides is 1. The molecule has 0 heterocycles. The SMILES string of the molecule is CCC.CN(CCC1CCC(Oc2ccccc2)CC1)CC(C)(C)C(=O)NO. The summed E-state index contributed by atoms with van der Waals surface area (Å²) in [6.45, 7) is 9.55. The highest BCUT2D eigenvalue weighted by molar-refractivity contribution is 5.80. The van der Waals surface area contributed by atoms with E-state index in [4.69, 9.17) is 9.94 Å². The van der Waals surface area contributed by atoms with Gasteiger partial charge < -0.3 is 9.64 Å². The van der Waals surface area contributed by atoms with E-state index in [1.165, 1.54) is 19.3 Å². The minimum atomic E-state index is -0.593. The Labute approximate surface area is 171 Å². The van der Waals surface area contributed by atoms with Crippen LogP contribution in [0.5, 0.6) is 5.75 Å². The normalized spacial score (nSPS) is 19.5. The van der Waals surface area contributed by atoms with Gasteiger partial charge in [0, 0.05) is 6.54 Å². The van der Waals surface area contributed by atoms with Gasteiger partial charge in [-0.05, 0) is 77.6 Å². The zero-order chi connectivity index (χ0) is 21.0. The van der Waals surface area contributed by atoms with E-state index in [1.54, 1.807) is 5.48 Å². The summed E-state index contributed by atoms with van der Waals surface area (Å²) < 4.78 is 6.06. The molecule has 5 nitrogen and oxygen atoms in total. The number of ether oxygens (including phenoxy) is 1. The van der Waals surface area contributed by atoms with Gasteiger partial charge in [-0.25, -0.2) is 5.48 Å². The summed E-state index contributed by atoms with van der Waals surface area (Å²) in [6, 6.07) is 10.1. The molecule has 28 heavy (non-hydrogen) atoms. The summed E-state index contributed by atoms with van der Waals surface area (Å²) in [4.78, 5) is 13.8. The Kier molecular flexibility index (Phi) is 11.2. The lowest BCUT2D eigenvalue weighted by Crippen LogP contribution is -2.43. The van der Waals surface area contributed by atoms with E-state index in [-0.39, 0.29) is 5.91 Å². The monoisotopic (exact) mass is 392 g/mol. The minimum absolute atomic E-state index is 0.335. The highest BCUT2D eigenvalue weighted by Gasteiger charge is 2.29. The fourth-order valence-corrected chi connectivity index (χ4v) is 3.61. The number of carbonyl (C=O) groups is 1. The van der Waals surface area contributed by atoms with Gasteiger partial charge >= 0.3 is 0 Å². The molecule has 0 saturated heterocycles. The third kappa shape index (κ3) is 9.07. The lowest BCUT2D eigenvalue weighted by Gasteiger charge is -2.32. The predicted molar refractivity (Wildman–Crippen MR) is 115 cm³/mol. The first-order chi connectivity index (χ1) is 13.3. The summed E-state index contributed by atoms with van der Waals surface area (Å²) in [6.07, 6.45) is 7.36. The summed E-state index contributed by atoms with van der Waals surface area (Å²) in [5, 5.41) is 8.82. The van der Waals surface area contributed by atoms with Gasteiger partial charge in [0.05, 0.1) is 11.5 Å². The van der Waals surface area contributed by atoms with E-state index < -0.39 is 5.41 Å². The van der Waals surface area contributed by atoms with Crippen molar-refractivity contribution < 1.29 is 14.7 Å². The number of hydrogen-bond donors (Lipinski definition) is 2. The topological polar surface area (TPSA) is 61.8 Å². The van der Waals surface area contributed by atoms with Crippen molar-refractivity contribution in [2.45, 2.75) is 72.3 Å². The van der Waals surface area contributed by atoms with Gasteiger partial charge in [-0.3, -0.25) is 10.0 Å². The van der Waals surface area contributed by atoms with Crippen LogP contribution in [0.1, 0.15) is 66.2 Å². The van der Waals surface area contributed by atoms with Crippen molar-refractivity contribution in [1.82, 2.24) is 10.4 Å². The van der Waals surface area contributed by atoms with Crippen LogP contribution in [0, 0.1) is 11.3 Å². The molecule has 1 aromatic carbocycles. The second-order valence-corrected chi connectivity index (χ2v) is 8.63. The molecule has 1 fully saturated rings. The Morgan fingerprint density at radius 3 is 2.29 bits per heavy atom. The average Bonchev–Trinajstić information content (AvgIpc) is 2.68. The van der Waals surface area contributed by atoms with Crippen molar-refractivity contribution in [2.24, 2.45) is 11.3 Å². The molecular weight excluding hydrogens is 352 g/mol. The molecular formula is C23H40N2O3. The van der Waals surface area contributed by atoms with E-state index in [1.807, 2.05) is 51.2 Å². The smallest absolute Gasteiger partial charge is 0.250 e. The van der Waals surface area contributed by atoms with Crippen LogP contribution in [0.25, 0.3) is 0 Å². The van der Waals surface area contributed by atoms with Crippen LogP contribution in [0.15, 0.2) is 30.3 Å². The lowest BCUT2D eigenvalue weighted by molar-refractivity contribution is -0.138. The number of rotatable bonds is 8. The maximum absolute atomic E-state index is 11.7. The van der Waals surface area contributed by atoms with Gasteiger partial charge in [0.25, 0.3) is 0 Å². The maximum Gasteiger partial charge on any atom is 0.250 e. The van der Waals surface area contributed by atoms with E-state index in [0.717, 1.165) is 37.5 Å². The maximum atomic E-state index is 11.7. The molecule has 2 N–H and O–H groups in total. The molecule has 0 atom stereocenters. The Morgan fingerprint density at radius 1 is 1.18 bits per heavy atom. The van der Waals surface area contributed by atoms with E-state index in [2.05, 4.69) is 18.7 Å². The standard InChI is InChI=1S/C20H32N2O3.C3H8/c1-20(2,19(23)21-24)15-22(3)14-13-16-9-11-18(12-10-16)25-17-7-5-4-6-8-17;1-3-2/h4-8,16,18,24H,9-15H2,1-3H3,(H,21,23);3H2,1-2H3. The first-order valence-electron chi connectivity index (χ1n) is 10.7. The van der Waals surface area contributed by atoms with Crippen LogP contribution < -0.4 is 10.2 Å². The van der Waals surface area contributed by atoms with Crippen LogP contribution in [0.3, 0.4) is 0 Å². The van der Waals surface area contributed by atoms with Crippen LogP contribution in [0.4, 0.5) is 0 Å². The molecule has 1 amide bonds. The van der Waals surface area contributed by atoms with Crippen molar-refractivity contribution in [3.05, 3.63) is 30.3 Å². The molecule has 1 saturated carbocycles. The van der Waals surface area contributed by atoms with Gasteiger partial charge in [-0.1, -0.05) is 38.5 Å². The first-order valence-corrected chi connectivity index (χ1v) is 10.7. The van der Waals surface area contributed by atoms with Crippen LogP contribution in [-0.2, 0) is 4.79 Å². The molecule has 0 unspecified atom stereocenters. The largest absolute Gasteiger partial charge is 0.490 e. The molecule has 160 valence electrons. The zero-order valence-corrected chi connectivity index (χ0v) is 18.4. The molecule has 0 bridgehead atoms. The summed E-state index contributed by atoms with van der Waals surface area (Å²) >= 11 is 0. The second-order valence-electron chi connectivity index (χ2n) is 8.63. The molecule has 0 radical (unpaired) electrons. The predicted octanol–water partition coefficient (Wildman–Crippen LogP) is 4.89. The van der Waals surface area contributed by atoms with Gasteiger partial charge in [0.15, 0.2) is 0 Å². The van der Waals surface area contributed by atoms with Gasteiger partial charge in [0.1, 0.15) is 5.75 Å². The summed E-state index contributed by atoms with van der Waals surface area (Å²) in [5.74, 6) is 1.36. The number of benzene rings is 1. The van der Waals surface area contributed by atoms with Crippen LogP contribution in [0.2, 0.25) is 0 Å². The Balaban J connectivity index is 0.00000122. The third-order valence-corrected chi connectivity index (χ3v) is 5.14. The van der Waals surface area contributed by atoms with Crippen LogP contribution in [-0.4, -0.2) is 42.3 Å². The molecule has 2 rings (SSSR count). The van der Waals surface area contributed by atoms with Crippen molar-refractivity contribution in [3.8, 4) is 5.75 Å². The zero-order valence-electron chi connectivity index (χ0n) is 18.4. The molecule has 0 aromatic heterocycles. The first kappa shape index (κ1) is 24.4. The number of hydrogen-bond acceptors (Lipinski definition) is 4. The number of hydroxylamine groups is 1. The van der Waals surface area contributed by atoms with Crippen LogP contribution >= 0.6 is 0 Å². The van der Waals surface area contributed by atoms with Gasteiger partial charge in [-0.15, -0.1) is 0 Å². The molecule has 1 aliphatic rings. The van der Waals surface area contributed by atoms with Crippen molar-refractivity contribution in [1.29, 1.82) is 0 Å². The Bertz CT molecular complexity index is 540. The average molecular weight is 393 g/mol. The second kappa shape index (κ2) is 12.8. The number of carbonyl (C=O) groups excluding carboxylic acids is 1. The fraction of sp³-hybridized carbons (Fsp3) is 0.696. The Hall–Kier alpha value is -1.59. The van der Waals surface area contributed by atoms with Crippen molar-refractivity contribution >= 4 is 5.91 Å². The number of nitrogens with zero attached hydrogens (tertiary/aromatic N) is 1. The Morgan fingerprint density at radius 2 is 1.75 bits per heavy atom. The van der Waals surface area contributed by atoms with Crippen molar-refractivity contribution in [3.63, 3.8) is 0 Å². The van der Waals surface area contributed by atoms with E-state index in [0.29, 0.717) is 12.6 Å². The molecule has 0 aliphatic heterocycles. The third-order valence-electron chi connectivity index (χ3n) is 5.14. The number of para-hydroxylation sites is 1.